The van der Waals surface area contributed by atoms with Crippen molar-refractivity contribution in [1.82, 2.24) is 19.6 Å². The molecule has 0 amide bonds. The molecule has 25 heavy (non-hydrogen) atoms. The van der Waals surface area contributed by atoms with Crippen molar-refractivity contribution in [2.45, 2.75) is 38.4 Å². The second-order valence-corrected chi connectivity index (χ2v) is 7.30. The summed E-state index contributed by atoms with van der Waals surface area (Å²) in [5.74, 6) is 1.08. The van der Waals surface area contributed by atoms with Crippen molar-refractivity contribution in [3.05, 3.63) is 47.8 Å². The Kier molecular flexibility index (Phi) is 5.04. The Morgan fingerprint density at radius 1 is 1.24 bits per heavy atom. The molecule has 3 heterocycles. The van der Waals surface area contributed by atoms with E-state index < -0.39 is 0 Å². The van der Waals surface area contributed by atoms with Crippen molar-refractivity contribution in [2.75, 3.05) is 33.3 Å². The van der Waals surface area contributed by atoms with Crippen molar-refractivity contribution in [3.8, 4) is 5.75 Å². The number of aromatic nitrogens is 2. The molecule has 134 valence electrons. The molecule has 1 aromatic heterocycles. The molecule has 5 heteroatoms. The lowest BCUT2D eigenvalue weighted by atomic mass is 10.0. The maximum atomic E-state index is 5.61. The number of ether oxygens (including phenoxy) is 1. The number of hydrogen-bond donors (Lipinski definition) is 0. The number of rotatable bonds is 6. The van der Waals surface area contributed by atoms with Crippen LogP contribution in [0.15, 0.2) is 36.7 Å². The van der Waals surface area contributed by atoms with Crippen molar-refractivity contribution in [2.24, 2.45) is 0 Å². The van der Waals surface area contributed by atoms with E-state index in [0.29, 0.717) is 6.04 Å². The normalized spacial score (nSPS) is 18.5. The van der Waals surface area contributed by atoms with Gasteiger partial charge in [-0.25, -0.2) is 0 Å². The van der Waals surface area contributed by atoms with Gasteiger partial charge in [-0.1, -0.05) is 12.1 Å². The first-order chi connectivity index (χ1) is 12.3. The van der Waals surface area contributed by atoms with Crippen LogP contribution in [0.3, 0.4) is 0 Å². The summed E-state index contributed by atoms with van der Waals surface area (Å²) in [6.45, 7) is 6.34. The molecular weight excluding hydrogens is 312 g/mol. The van der Waals surface area contributed by atoms with Crippen molar-refractivity contribution >= 4 is 0 Å². The fourth-order valence-corrected chi connectivity index (χ4v) is 4.02. The van der Waals surface area contributed by atoms with Gasteiger partial charge >= 0.3 is 0 Å². The van der Waals surface area contributed by atoms with E-state index in [2.05, 4.69) is 40.1 Å². The maximum Gasteiger partial charge on any atom is 0.122 e. The molecule has 0 spiro atoms. The Balaban J connectivity index is 1.24. The highest BCUT2D eigenvalue weighted by atomic mass is 16.5. The van der Waals surface area contributed by atoms with Gasteiger partial charge in [0.05, 0.1) is 13.2 Å². The van der Waals surface area contributed by atoms with Crippen LogP contribution in [-0.2, 0) is 19.5 Å². The van der Waals surface area contributed by atoms with Crippen molar-refractivity contribution < 1.29 is 4.74 Å². The van der Waals surface area contributed by atoms with Crippen LogP contribution in [0.5, 0.6) is 5.75 Å². The summed E-state index contributed by atoms with van der Waals surface area (Å²) >= 11 is 0. The molecule has 0 atom stereocenters. The minimum atomic E-state index is 0.686. The Morgan fingerprint density at radius 2 is 2.12 bits per heavy atom. The van der Waals surface area contributed by atoms with Gasteiger partial charge in [0, 0.05) is 37.9 Å². The zero-order chi connectivity index (χ0) is 17.1. The van der Waals surface area contributed by atoms with Crippen LogP contribution in [0.25, 0.3) is 0 Å². The summed E-state index contributed by atoms with van der Waals surface area (Å²) in [4.78, 5) is 5.10. The third kappa shape index (κ3) is 4.05. The number of likely N-dealkylation sites (tertiary alicyclic amines) is 1. The minimum absolute atomic E-state index is 0.686. The van der Waals surface area contributed by atoms with Crippen molar-refractivity contribution in [3.63, 3.8) is 0 Å². The van der Waals surface area contributed by atoms with E-state index >= 15 is 0 Å². The molecule has 2 aliphatic rings. The van der Waals surface area contributed by atoms with E-state index in [0.717, 1.165) is 38.4 Å². The second kappa shape index (κ2) is 7.58. The average Bonchev–Trinajstić information content (AvgIpc) is 3.31. The van der Waals surface area contributed by atoms with Gasteiger partial charge in [0.15, 0.2) is 0 Å². The van der Waals surface area contributed by atoms with Gasteiger partial charge in [0.25, 0.3) is 0 Å². The van der Waals surface area contributed by atoms with Crippen LogP contribution < -0.4 is 4.74 Å². The predicted molar refractivity (Wildman–Crippen MR) is 98.8 cm³/mol. The fourth-order valence-electron chi connectivity index (χ4n) is 4.02. The quantitative estimate of drug-likeness (QED) is 0.809. The van der Waals surface area contributed by atoms with E-state index in [1.54, 1.807) is 0 Å². The maximum absolute atomic E-state index is 5.61. The summed E-state index contributed by atoms with van der Waals surface area (Å²) < 4.78 is 7.63. The van der Waals surface area contributed by atoms with Gasteiger partial charge in [-0.15, -0.1) is 0 Å². The van der Waals surface area contributed by atoms with Gasteiger partial charge in [0.2, 0.25) is 0 Å². The predicted octanol–water partition coefficient (Wildman–Crippen LogP) is 2.41. The molecule has 0 saturated carbocycles. The molecule has 4 rings (SSSR count). The lowest BCUT2D eigenvalue weighted by Crippen LogP contribution is -2.43. The minimum Gasteiger partial charge on any atom is -0.493 e. The van der Waals surface area contributed by atoms with Crippen LogP contribution >= 0.6 is 0 Å². The van der Waals surface area contributed by atoms with Gasteiger partial charge in [-0.2, -0.15) is 5.10 Å². The third-order valence-corrected chi connectivity index (χ3v) is 5.57. The highest BCUT2D eigenvalue weighted by Gasteiger charge is 2.22. The molecule has 1 fully saturated rings. The second-order valence-electron chi connectivity index (χ2n) is 7.30. The van der Waals surface area contributed by atoms with Crippen LogP contribution in [0.2, 0.25) is 0 Å². The lowest BCUT2D eigenvalue weighted by Gasteiger charge is -2.36. The fraction of sp³-hybridized carbons (Fsp3) is 0.550. The topological polar surface area (TPSA) is 33.5 Å². The highest BCUT2D eigenvalue weighted by Crippen LogP contribution is 2.27. The number of benzene rings is 1. The Hall–Kier alpha value is -1.85. The molecule has 0 N–H and O–H groups in total. The van der Waals surface area contributed by atoms with Crippen LogP contribution in [-0.4, -0.2) is 58.9 Å². The molecule has 2 aromatic rings. The highest BCUT2D eigenvalue weighted by molar-refractivity contribution is 5.39. The largest absolute Gasteiger partial charge is 0.493 e. The van der Waals surface area contributed by atoms with E-state index in [9.17, 15) is 0 Å². The Morgan fingerprint density at radius 3 is 2.92 bits per heavy atom. The van der Waals surface area contributed by atoms with Gasteiger partial charge in [-0.3, -0.25) is 9.58 Å². The first-order valence-electron chi connectivity index (χ1n) is 9.42. The van der Waals surface area contributed by atoms with Crippen LogP contribution in [0.1, 0.15) is 24.0 Å². The number of piperidine rings is 1. The number of hydrogen-bond acceptors (Lipinski definition) is 4. The SMILES string of the molecule is CN(Cc1ccc2c(c1)CCO2)C1CCN(CCn2cccn2)CC1. The van der Waals surface area contributed by atoms with E-state index in [4.69, 9.17) is 4.74 Å². The van der Waals surface area contributed by atoms with Gasteiger partial charge in [-0.05, 0) is 56.2 Å². The average molecular weight is 340 g/mol. The Labute approximate surface area is 150 Å². The van der Waals surface area contributed by atoms with Gasteiger partial charge < -0.3 is 9.64 Å². The van der Waals surface area contributed by atoms with Crippen LogP contribution in [0.4, 0.5) is 0 Å². The van der Waals surface area contributed by atoms with Crippen LogP contribution in [0, 0.1) is 0 Å². The molecule has 0 unspecified atom stereocenters. The third-order valence-electron chi connectivity index (χ3n) is 5.57. The molecule has 0 aliphatic carbocycles. The van der Waals surface area contributed by atoms with E-state index in [-0.39, 0.29) is 0 Å². The zero-order valence-corrected chi connectivity index (χ0v) is 15.1. The molecule has 5 nitrogen and oxygen atoms in total. The molecule has 0 radical (unpaired) electrons. The van der Waals surface area contributed by atoms with Crippen molar-refractivity contribution in [1.29, 1.82) is 0 Å². The summed E-state index contributed by atoms with van der Waals surface area (Å²) in [6.07, 6.45) is 7.46. The zero-order valence-electron chi connectivity index (χ0n) is 15.1. The smallest absolute Gasteiger partial charge is 0.122 e. The standard InChI is InChI=1S/C20H28N4O/c1-22(16-17-3-4-20-18(15-17)7-14-25-20)19-5-10-23(11-6-19)12-13-24-9-2-8-21-24/h2-4,8-9,15,19H,5-7,10-14,16H2,1H3. The van der Waals surface area contributed by atoms with Gasteiger partial charge in [0.1, 0.15) is 5.75 Å². The first kappa shape index (κ1) is 16.6. The monoisotopic (exact) mass is 340 g/mol. The van der Waals surface area contributed by atoms with E-state index in [1.165, 1.54) is 37.1 Å². The van der Waals surface area contributed by atoms with E-state index in [1.807, 2.05) is 23.1 Å². The summed E-state index contributed by atoms with van der Waals surface area (Å²) in [6, 6.07) is 9.37. The molecule has 1 saturated heterocycles. The summed E-state index contributed by atoms with van der Waals surface area (Å²) in [7, 11) is 2.27. The summed E-state index contributed by atoms with van der Waals surface area (Å²) in [5.41, 5.74) is 2.78. The molecular formula is C20H28N4O. The molecule has 0 bridgehead atoms. The summed E-state index contributed by atoms with van der Waals surface area (Å²) in [5, 5.41) is 4.29. The number of fused-ring (bicyclic) bond motifs is 1. The molecule has 2 aliphatic heterocycles. The first-order valence-corrected chi connectivity index (χ1v) is 9.42. The molecule has 1 aromatic carbocycles. The lowest BCUT2D eigenvalue weighted by molar-refractivity contribution is 0.120. The number of nitrogens with zero attached hydrogens (tertiary/aromatic N) is 4. The Bertz CT molecular complexity index is 677.